The highest BCUT2D eigenvalue weighted by Crippen LogP contribution is 2.52. The Hall–Kier alpha value is -0.680. The van der Waals surface area contributed by atoms with E-state index in [1.54, 1.807) is 0 Å². The van der Waals surface area contributed by atoms with Gasteiger partial charge in [-0.25, -0.2) is 0 Å². The normalized spacial score (nSPS) is 38.6. The Morgan fingerprint density at radius 2 is 1.85 bits per heavy atom. The van der Waals surface area contributed by atoms with Crippen molar-refractivity contribution in [2.75, 3.05) is 13.2 Å². The van der Waals surface area contributed by atoms with Crippen LogP contribution in [0.4, 0.5) is 0 Å². The van der Waals surface area contributed by atoms with Crippen LogP contribution in [-0.2, 0) is 9.47 Å². The Labute approximate surface area is 163 Å². The summed E-state index contributed by atoms with van der Waals surface area (Å²) in [4.78, 5) is 0. The molecular weight excluding hydrogens is 340 g/mol. The molecule has 3 aliphatic carbocycles. The van der Waals surface area contributed by atoms with E-state index >= 15 is 0 Å². The van der Waals surface area contributed by atoms with Crippen molar-refractivity contribution >= 4 is 0 Å². The van der Waals surface area contributed by atoms with Crippen molar-refractivity contribution in [3.05, 3.63) is 22.8 Å². The van der Waals surface area contributed by atoms with Gasteiger partial charge in [0.05, 0.1) is 24.9 Å². The maximum Gasteiger partial charge on any atom is 0.172 e. The monoisotopic (exact) mass is 376 g/mol. The number of hydrogen-bond acceptors (Lipinski definition) is 4. The SMILES string of the molecule is CCC(O)[C@@]1(O)CCC[C@]1(C)C/C=C1\CCCC2=C1CCC1(C2)OCCO1. The molecule has 0 radical (unpaired) electrons. The zero-order valence-electron chi connectivity index (χ0n) is 17.1. The minimum Gasteiger partial charge on any atom is -0.390 e. The Balaban J connectivity index is 1.54. The fraction of sp³-hybridized carbons (Fsp3) is 0.826. The van der Waals surface area contributed by atoms with E-state index in [0.29, 0.717) is 12.8 Å². The quantitative estimate of drug-likeness (QED) is 0.763. The third kappa shape index (κ3) is 3.33. The second-order valence-corrected chi connectivity index (χ2v) is 9.42. The highest BCUT2D eigenvalue weighted by atomic mass is 16.7. The van der Waals surface area contributed by atoms with Gasteiger partial charge in [-0.2, -0.15) is 0 Å². The molecule has 1 saturated heterocycles. The van der Waals surface area contributed by atoms with Gasteiger partial charge in [-0.15, -0.1) is 0 Å². The molecule has 2 fully saturated rings. The second kappa shape index (κ2) is 7.29. The number of aliphatic hydroxyl groups excluding tert-OH is 1. The molecule has 1 unspecified atom stereocenters. The molecule has 0 aromatic rings. The summed E-state index contributed by atoms with van der Waals surface area (Å²) in [7, 11) is 0. The van der Waals surface area contributed by atoms with Crippen LogP contribution in [0.1, 0.15) is 84.5 Å². The average Bonchev–Trinajstić information content (AvgIpc) is 3.24. The molecule has 0 aromatic heterocycles. The van der Waals surface area contributed by atoms with Gasteiger partial charge in [0.2, 0.25) is 0 Å². The molecule has 0 bridgehead atoms. The smallest absolute Gasteiger partial charge is 0.172 e. The van der Waals surface area contributed by atoms with Crippen LogP contribution < -0.4 is 0 Å². The summed E-state index contributed by atoms with van der Waals surface area (Å²) in [6, 6.07) is 0. The van der Waals surface area contributed by atoms with Crippen LogP contribution in [0.25, 0.3) is 0 Å². The van der Waals surface area contributed by atoms with Crippen molar-refractivity contribution in [1.29, 1.82) is 0 Å². The summed E-state index contributed by atoms with van der Waals surface area (Å²) in [6.07, 6.45) is 12.3. The average molecular weight is 377 g/mol. The van der Waals surface area contributed by atoms with E-state index in [2.05, 4.69) is 13.0 Å². The third-order valence-corrected chi connectivity index (χ3v) is 7.86. The number of aliphatic hydroxyl groups is 2. The van der Waals surface area contributed by atoms with Crippen LogP contribution in [0.3, 0.4) is 0 Å². The van der Waals surface area contributed by atoms with E-state index in [1.807, 2.05) is 6.92 Å². The number of hydrogen-bond donors (Lipinski definition) is 2. The first-order chi connectivity index (χ1) is 12.9. The first kappa shape index (κ1) is 19.6. The summed E-state index contributed by atoms with van der Waals surface area (Å²) in [5, 5.41) is 21.7. The van der Waals surface area contributed by atoms with E-state index in [9.17, 15) is 10.2 Å². The summed E-state index contributed by atoms with van der Waals surface area (Å²) < 4.78 is 11.9. The standard InChI is InChI=1S/C23H36O4/c1-3-20(24)23(25)11-5-10-21(23,2)12-8-17-6-4-7-18-16-22(13-9-19(17)18)26-14-15-27-22/h8,20,24-25H,3-7,9-16H2,1-2H3/b17-8+/t20?,21-,23+/m1/s1. The van der Waals surface area contributed by atoms with Crippen molar-refractivity contribution in [2.24, 2.45) is 5.41 Å². The maximum absolute atomic E-state index is 11.3. The molecule has 3 atom stereocenters. The van der Waals surface area contributed by atoms with E-state index in [0.717, 1.165) is 64.6 Å². The molecule has 1 saturated carbocycles. The van der Waals surface area contributed by atoms with Gasteiger partial charge < -0.3 is 19.7 Å². The number of ether oxygens (including phenoxy) is 2. The third-order valence-electron chi connectivity index (χ3n) is 7.86. The van der Waals surface area contributed by atoms with Crippen LogP contribution in [0.5, 0.6) is 0 Å². The largest absolute Gasteiger partial charge is 0.390 e. The molecule has 4 nitrogen and oxygen atoms in total. The van der Waals surface area contributed by atoms with Crippen LogP contribution in [0, 0.1) is 5.41 Å². The molecule has 27 heavy (non-hydrogen) atoms. The zero-order chi connectivity index (χ0) is 19.1. The van der Waals surface area contributed by atoms with Crippen molar-refractivity contribution in [1.82, 2.24) is 0 Å². The molecule has 1 heterocycles. The van der Waals surface area contributed by atoms with Crippen molar-refractivity contribution in [2.45, 2.75) is 102 Å². The Kier molecular flexibility index (Phi) is 5.30. The van der Waals surface area contributed by atoms with Crippen molar-refractivity contribution < 1.29 is 19.7 Å². The van der Waals surface area contributed by atoms with Gasteiger partial charge in [-0.3, -0.25) is 0 Å². The van der Waals surface area contributed by atoms with Gasteiger partial charge in [0.1, 0.15) is 0 Å². The molecule has 0 amide bonds. The predicted octanol–water partition coefficient (Wildman–Crippen LogP) is 4.40. The minimum atomic E-state index is -0.952. The van der Waals surface area contributed by atoms with Gasteiger partial charge in [-0.1, -0.05) is 25.5 Å². The van der Waals surface area contributed by atoms with Crippen LogP contribution in [0.15, 0.2) is 22.8 Å². The lowest BCUT2D eigenvalue weighted by Crippen LogP contribution is -2.51. The van der Waals surface area contributed by atoms with E-state index in [1.165, 1.54) is 23.1 Å². The fourth-order valence-corrected chi connectivity index (χ4v) is 6.05. The summed E-state index contributed by atoms with van der Waals surface area (Å²) >= 11 is 0. The lowest BCUT2D eigenvalue weighted by atomic mass is 9.69. The van der Waals surface area contributed by atoms with E-state index < -0.39 is 11.7 Å². The zero-order valence-corrected chi connectivity index (χ0v) is 17.1. The van der Waals surface area contributed by atoms with Gasteiger partial charge in [0.15, 0.2) is 5.79 Å². The first-order valence-electron chi connectivity index (χ1n) is 11.0. The van der Waals surface area contributed by atoms with Gasteiger partial charge in [0, 0.05) is 18.3 Å². The fourth-order valence-electron chi connectivity index (χ4n) is 6.05. The van der Waals surface area contributed by atoms with E-state index in [-0.39, 0.29) is 11.2 Å². The predicted molar refractivity (Wildman–Crippen MR) is 105 cm³/mol. The van der Waals surface area contributed by atoms with Gasteiger partial charge in [-0.05, 0) is 68.9 Å². The first-order valence-corrected chi connectivity index (χ1v) is 11.0. The minimum absolute atomic E-state index is 0.235. The molecular formula is C23H36O4. The number of rotatable bonds is 4. The molecule has 4 heteroatoms. The highest BCUT2D eigenvalue weighted by molar-refractivity contribution is 5.40. The van der Waals surface area contributed by atoms with Crippen molar-refractivity contribution in [3.63, 3.8) is 0 Å². The molecule has 4 rings (SSSR count). The summed E-state index contributed by atoms with van der Waals surface area (Å²) in [5.41, 5.74) is 3.35. The van der Waals surface area contributed by atoms with Gasteiger partial charge in [0.25, 0.3) is 0 Å². The topological polar surface area (TPSA) is 58.9 Å². The van der Waals surface area contributed by atoms with Gasteiger partial charge >= 0.3 is 0 Å². The lowest BCUT2D eigenvalue weighted by molar-refractivity contribution is -0.163. The Morgan fingerprint density at radius 1 is 1.07 bits per heavy atom. The Bertz CT molecular complexity index is 630. The van der Waals surface area contributed by atoms with Crippen LogP contribution >= 0.6 is 0 Å². The lowest BCUT2D eigenvalue weighted by Gasteiger charge is -2.43. The maximum atomic E-state index is 11.3. The Morgan fingerprint density at radius 3 is 2.59 bits per heavy atom. The number of allylic oxidation sites excluding steroid dienone is 3. The molecule has 152 valence electrons. The van der Waals surface area contributed by atoms with Crippen molar-refractivity contribution in [3.8, 4) is 0 Å². The summed E-state index contributed by atoms with van der Waals surface area (Å²) in [5.74, 6) is -0.343. The molecule has 1 aliphatic heterocycles. The molecule has 4 aliphatic rings. The molecule has 2 N–H and O–H groups in total. The molecule has 1 spiro atoms. The summed E-state index contributed by atoms with van der Waals surface area (Å²) in [6.45, 7) is 5.58. The highest BCUT2D eigenvalue weighted by Gasteiger charge is 2.53. The second-order valence-electron chi connectivity index (χ2n) is 9.42. The van der Waals surface area contributed by atoms with E-state index in [4.69, 9.17) is 9.47 Å². The van der Waals surface area contributed by atoms with Crippen LogP contribution in [0.2, 0.25) is 0 Å². The van der Waals surface area contributed by atoms with Crippen LogP contribution in [-0.4, -0.2) is 40.9 Å². The molecule has 0 aromatic carbocycles.